The number of allylic oxidation sites excluding steroid dienone is 6. The molecule has 0 aliphatic carbocycles. The molecule has 0 spiro atoms. The van der Waals surface area contributed by atoms with E-state index in [4.69, 9.17) is 0 Å². The fraction of sp³-hybridized carbons (Fsp3) is 0.333. The minimum atomic E-state index is 1.33. The Morgan fingerprint density at radius 2 is 1.67 bits per heavy atom. The lowest BCUT2D eigenvalue weighted by atomic mass is 10.3. The van der Waals surface area contributed by atoms with Gasteiger partial charge < -0.3 is 0 Å². The molecule has 0 N–H and O–H groups in total. The van der Waals surface area contributed by atoms with Gasteiger partial charge in [-0.05, 0) is 20.8 Å². The topological polar surface area (TPSA) is 0 Å². The summed E-state index contributed by atoms with van der Waals surface area (Å²) in [6, 6.07) is 0. The Balaban J connectivity index is 3.60. The van der Waals surface area contributed by atoms with Gasteiger partial charge in [0.2, 0.25) is 0 Å². The molecule has 9 heavy (non-hydrogen) atoms. The molecule has 0 unspecified atom stereocenters. The maximum absolute atomic E-state index is 2.08. The first-order valence-corrected chi connectivity index (χ1v) is 3.20. The molecule has 0 aliphatic rings. The summed E-state index contributed by atoms with van der Waals surface area (Å²) in [7, 11) is 0. The van der Waals surface area contributed by atoms with Crippen LogP contribution in [0.3, 0.4) is 0 Å². The van der Waals surface area contributed by atoms with Crippen LogP contribution in [0.1, 0.15) is 20.8 Å². The second kappa shape index (κ2) is 5.36. The van der Waals surface area contributed by atoms with Crippen molar-refractivity contribution in [3.8, 4) is 0 Å². The van der Waals surface area contributed by atoms with Gasteiger partial charge in [-0.15, -0.1) is 0 Å². The molecule has 0 fully saturated rings. The van der Waals surface area contributed by atoms with Crippen LogP contribution < -0.4 is 0 Å². The summed E-state index contributed by atoms with van der Waals surface area (Å²) in [6.45, 7) is 6.17. The Hall–Kier alpha value is -0.780. The van der Waals surface area contributed by atoms with E-state index >= 15 is 0 Å². The molecule has 0 radical (unpaired) electrons. The molecule has 0 amide bonds. The Morgan fingerprint density at radius 1 is 1.00 bits per heavy atom. The zero-order valence-electron chi connectivity index (χ0n) is 6.39. The van der Waals surface area contributed by atoms with Crippen molar-refractivity contribution in [1.82, 2.24) is 0 Å². The van der Waals surface area contributed by atoms with Crippen LogP contribution in [0, 0.1) is 0 Å². The molecular formula is C9H14. The van der Waals surface area contributed by atoms with Crippen LogP contribution in [0.5, 0.6) is 0 Å². The Morgan fingerprint density at radius 3 is 2.11 bits per heavy atom. The largest absolute Gasteiger partial charge is 0.0877 e. The molecule has 0 saturated heterocycles. The van der Waals surface area contributed by atoms with Crippen molar-refractivity contribution in [3.05, 3.63) is 36.0 Å². The van der Waals surface area contributed by atoms with Gasteiger partial charge in [-0.3, -0.25) is 0 Å². The van der Waals surface area contributed by atoms with E-state index in [1.165, 1.54) is 5.57 Å². The Bertz CT molecular complexity index is 132. The van der Waals surface area contributed by atoms with Crippen molar-refractivity contribution in [3.63, 3.8) is 0 Å². The fourth-order valence-electron chi connectivity index (χ4n) is 0.423. The van der Waals surface area contributed by atoms with Crippen molar-refractivity contribution >= 4 is 0 Å². The maximum atomic E-state index is 2.08. The van der Waals surface area contributed by atoms with Gasteiger partial charge >= 0.3 is 0 Å². The first-order chi connectivity index (χ1) is 4.27. The molecule has 0 bridgehead atoms. The maximum Gasteiger partial charge on any atom is -0.0439 e. The molecule has 0 heterocycles. The van der Waals surface area contributed by atoms with Crippen LogP contribution in [0.15, 0.2) is 36.0 Å². The summed E-state index contributed by atoms with van der Waals surface area (Å²) in [5.41, 5.74) is 1.33. The quantitative estimate of drug-likeness (QED) is 0.494. The van der Waals surface area contributed by atoms with E-state index in [2.05, 4.69) is 19.9 Å². The first-order valence-electron chi connectivity index (χ1n) is 3.20. The Kier molecular flexibility index (Phi) is 4.89. The van der Waals surface area contributed by atoms with Crippen LogP contribution in [-0.2, 0) is 0 Å². The standard InChI is InChI=1S/C9H14/c1-4-5-6-7-8-9(2)3/h4-8H,1-3H3/b5-4+,7-6+. The van der Waals surface area contributed by atoms with E-state index in [1.807, 2.05) is 31.2 Å². The normalized spacial score (nSPS) is 11.0. The van der Waals surface area contributed by atoms with Gasteiger partial charge in [0.05, 0.1) is 0 Å². The predicted molar refractivity (Wildman–Crippen MR) is 43.4 cm³/mol. The lowest BCUT2D eigenvalue weighted by Crippen LogP contribution is -1.57. The van der Waals surface area contributed by atoms with Crippen LogP contribution in [-0.4, -0.2) is 0 Å². The summed E-state index contributed by atoms with van der Waals surface area (Å²) >= 11 is 0. The van der Waals surface area contributed by atoms with E-state index < -0.39 is 0 Å². The molecule has 0 rings (SSSR count). The highest BCUT2D eigenvalue weighted by Gasteiger charge is 1.66. The molecule has 0 heteroatoms. The van der Waals surface area contributed by atoms with Crippen LogP contribution in [0.25, 0.3) is 0 Å². The van der Waals surface area contributed by atoms with Crippen molar-refractivity contribution in [1.29, 1.82) is 0 Å². The van der Waals surface area contributed by atoms with Gasteiger partial charge in [0, 0.05) is 0 Å². The van der Waals surface area contributed by atoms with Crippen molar-refractivity contribution < 1.29 is 0 Å². The molecular weight excluding hydrogens is 108 g/mol. The van der Waals surface area contributed by atoms with E-state index in [9.17, 15) is 0 Å². The highest BCUT2D eigenvalue weighted by Crippen LogP contribution is 1.88. The predicted octanol–water partition coefficient (Wildman–Crippen LogP) is 3.08. The van der Waals surface area contributed by atoms with Gasteiger partial charge in [0.25, 0.3) is 0 Å². The van der Waals surface area contributed by atoms with Crippen molar-refractivity contribution in [2.75, 3.05) is 0 Å². The second-order valence-corrected chi connectivity index (χ2v) is 2.15. The van der Waals surface area contributed by atoms with E-state index in [0.717, 1.165) is 0 Å². The monoisotopic (exact) mass is 122 g/mol. The van der Waals surface area contributed by atoms with Crippen LogP contribution >= 0.6 is 0 Å². The third kappa shape index (κ3) is 7.22. The molecule has 0 atom stereocenters. The zero-order valence-corrected chi connectivity index (χ0v) is 6.39. The minimum Gasteiger partial charge on any atom is -0.0877 e. The van der Waals surface area contributed by atoms with Gasteiger partial charge in [-0.1, -0.05) is 36.0 Å². The van der Waals surface area contributed by atoms with Gasteiger partial charge in [0.1, 0.15) is 0 Å². The van der Waals surface area contributed by atoms with Gasteiger partial charge in [-0.2, -0.15) is 0 Å². The number of hydrogen-bond acceptors (Lipinski definition) is 0. The summed E-state index contributed by atoms with van der Waals surface area (Å²) in [4.78, 5) is 0. The first kappa shape index (κ1) is 8.22. The third-order valence-corrected chi connectivity index (χ3v) is 0.844. The van der Waals surface area contributed by atoms with Crippen molar-refractivity contribution in [2.24, 2.45) is 0 Å². The lowest BCUT2D eigenvalue weighted by Gasteiger charge is -1.79. The zero-order chi connectivity index (χ0) is 7.11. The SMILES string of the molecule is C/C=C/C=C/C=C(C)C. The summed E-state index contributed by atoms with van der Waals surface area (Å²) in [5.74, 6) is 0. The van der Waals surface area contributed by atoms with E-state index in [0.29, 0.717) is 0 Å². The van der Waals surface area contributed by atoms with Gasteiger partial charge in [0.15, 0.2) is 0 Å². The minimum absolute atomic E-state index is 1.33. The van der Waals surface area contributed by atoms with Crippen molar-refractivity contribution in [2.45, 2.75) is 20.8 Å². The molecule has 0 aromatic rings. The van der Waals surface area contributed by atoms with Crippen LogP contribution in [0.4, 0.5) is 0 Å². The van der Waals surface area contributed by atoms with E-state index in [1.54, 1.807) is 0 Å². The average molecular weight is 122 g/mol. The molecule has 50 valence electrons. The number of rotatable bonds is 2. The molecule has 0 aromatic carbocycles. The highest BCUT2D eigenvalue weighted by molar-refractivity contribution is 5.13. The summed E-state index contributed by atoms with van der Waals surface area (Å²) in [6.07, 6.45) is 10.2. The smallest absolute Gasteiger partial charge is 0.0439 e. The van der Waals surface area contributed by atoms with Crippen LogP contribution in [0.2, 0.25) is 0 Å². The highest BCUT2D eigenvalue weighted by atomic mass is 13.7. The third-order valence-electron chi connectivity index (χ3n) is 0.844. The lowest BCUT2D eigenvalue weighted by molar-refractivity contribution is 1.39. The number of hydrogen-bond donors (Lipinski definition) is 0. The molecule has 0 nitrogen and oxygen atoms in total. The Labute approximate surface area is 57.6 Å². The molecule has 0 saturated carbocycles. The summed E-state index contributed by atoms with van der Waals surface area (Å²) in [5, 5.41) is 0. The molecule has 0 aromatic heterocycles. The fourth-order valence-corrected chi connectivity index (χ4v) is 0.423. The van der Waals surface area contributed by atoms with Gasteiger partial charge in [-0.25, -0.2) is 0 Å². The average Bonchev–Trinajstić information content (AvgIpc) is 1.80. The summed E-state index contributed by atoms with van der Waals surface area (Å²) < 4.78 is 0. The molecule has 0 aliphatic heterocycles. The second-order valence-electron chi connectivity index (χ2n) is 2.15. The van der Waals surface area contributed by atoms with E-state index in [-0.39, 0.29) is 0 Å².